The molecule has 1 aromatic heterocycles. The highest BCUT2D eigenvalue weighted by molar-refractivity contribution is 6.07. The van der Waals surface area contributed by atoms with Crippen molar-refractivity contribution in [1.29, 1.82) is 0 Å². The van der Waals surface area contributed by atoms with Gasteiger partial charge < -0.3 is 10.6 Å². The van der Waals surface area contributed by atoms with Crippen molar-refractivity contribution in [2.75, 3.05) is 4.90 Å². The molecular weight excluding hydrogens is 406 g/mol. The van der Waals surface area contributed by atoms with E-state index in [-0.39, 0.29) is 29.6 Å². The van der Waals surface area contributed by atoms with E-state index in [1.165, 1.54) is 0 Å². The van der Waals surface area contributed by atoms with Crippen molar-refractivity contribution in [1.82, 2.24) is 20.8 Å². The number of aromatic amines is 1. The molecule has 4 atom stereocenters. The van der Waals surface area contributed by atoms with Crippen LogP contribution in [0, 0.1) is 11.8 Å². The lowest BCUT2D eigenvalue weighted by Gasteiger charge is -2.29. The zero-order chi connectivity index (χ0) is 22.8. The Morgan fingerprint density at radius 1 is 1.25 bits per heavy atom. The molecule has 0 saturated carbocycles. The number of aryl methyl sites for hydroxylation is 1. The van der Waals surface area contributed by atoms with E-state index in [9.17, 15) is 14.4 Å². The molecule has 0 unspecified atom stereocenters. The molecule has 0 radical (unpaired) electrons. The minimum Gasteiger partial charge on any atom is -0.349 e. The van der Waals surface area contributed by atoms with Crippen LogP contribution >= 0.6 is 0 Å². The summed E-state index contributed by atoms with van der Waals surface area (Å²) in [6.45, 7) is 6.31. The molecule has 1 aromatic carbocycles. The fraction of sp³-hybridized carbons (Fsp3) is 0.500. The van der Waals surface area contributed by atoms with Gasteiger partial charge in [-0.05, 0) is 36.0 Å². The average molecular weight is 438 g/mol. The first-order valence-electron chi connectivity index (χ1n) is 11.4. The zero-order valence-corrected chi connectivity index (χ0v) is 18.9. The maximum atomic E-state index is 13.6. The second-order valence-electron chi connectivity index (χ2n) is 8.93. The lowest BCUT2D eigenvalue weighted by Crippen LogP contribution is -2.55. The van der Waals surface area contributed by atoms with Crippen molar-refractivity contribution in [2.24, 2.45) is 11.8 Å². The summed E-state index contributed by atoms with van der Waals surface area (Å²) in [5, 5.41) is 12.6. The first kappa shape index (κ1) is 22.0. The maximum Gasteiger partial charge on any atom is 0.250 e. The molecule has 3 heterocycles. The van der Waals surface area contributed by atoms with Crippen LogP contribution in [-0.2, 0) is 33.8 Å². The average Bonchev–Trinajstić information content (AvgIpc) is 3.43. The van der Waals surface area contributed by atoms with Gasteiger partial charge in [0.25, 0.3) is 0 Å². The molecule has 0 bridgehead atoms. The zero-order valence-electron chi connectivity index (χ0n) is 18.9. The number of hydrogen-bond donors (Lipinski definition) is 3. The highest BCUT2D eigenvalue weighted by atomic mass is 16.2. The van der Waals surface area contributed by atoms with Crippen molar-refractivity contribution in [3.8, 4) is 0 Å². The van der Waals surface area contributed by atoms with Gasteiger partial charge in [-0.25, -0.2) is 0 Å². The van der Waals surface area contributed by atoms with Gasteiger partial charge in [0.15, 0.2) is 0 Å². The smallest absolute Gasteiger partial charge is 0.250 e. The minimum atomic E-state index is -0.643. The van der Waals surface area contributed by atoms with Crippen LogP contribution < -0.4 is 15.5 Å². The molecule has 2 aliphatic heterocycles. The number of amides is 3. The maximum absolute atomic E-state index is 13.6. The molecule has 8 nitrogen and oxygen atoms in total. The first-order valence-corrected chi connectivity index (χ1v) is 11.4. The number of nitrogens with zero attached hydrogens (tertiary/aromatic N) is 2. The number of nitrogens with one attached hydrogen (secondary N) is 3. The Kier molecular flexibility index (Phi) is 6.30. The summed E-state index contributed by atoms with van der Waals surface area (Å²) in [5.41, 5.74) is 3.68. The van der Waals surface area contributed by atoms with Crippen LogP contribution in [0.25, 0.3) is 0 Å². The van der Waals surface area contributed by atoms with Crippen LogP contribution in [0.15, 0.2) is 30.5 Å². The Bertz CT molecular complexity index is 1000. The predicted molar refractivity (Wildman–Crippen MR) is 121 cm³/mol. The Hall–Kier alpha value is -3.16. The fourth-order valence-electron chi connectivity index (χ4n) is 4.57. The Morgan fingerprint density at radius 3 is 2.75 bits per heavy atom. The molecule has 3 amide bonds. The lowest BCUT2D eigenvalue weighted by atomic mass is 9.92. The van der Waals surface area contributed by atoms with Crippen molar-refractivity contribution in [2.45, 2.75) is 65.1 Å². The minimum absolute atomic E-state index is 0.108. The quantitative estimate of drug-likeness (QED) is 0.617. The van der Waals surface area contributed by atoms with Gasteiger partial charge in [-0.3, -0.25) is 24.4 Å². The molecule has 0 spiro atoms. The van der Waals surface area contributed by atoms with Crippen molar-refractivity contribution >= 4 is 23.4 Å². The van der Waals surface area contributed by atoms with Gasteiger partial charge in [0.2, 0.25) is 17.7 Å². The summed E-state index contributed by atoms with van der Waals surface area (Å²) in [6.07, 6.45) is 4.19. The van der Waals surface area contributed by atoms with Gasteiger partial charge in [-0.1, -0.05) is 45.4 Å². The normalized spacial score (nSPS) is 21.5. The van der Waals surface area contributed by atoms with Gasteiger partial charge >= 0.3 is 0 Å². The van der Waals surface area contributed by atoms with E-state index in [1.807, 2.05) is 32.0 Å². The topological polar surface area (TPSA) is 107 Å². The molecule has 3 N–H and O–H groups in total. The van der Waals surface area contributed by atoms with Crippen LogP contribution in [0.4, 0.5) is 5.69 Å². The molecule has 8 heteroatoms. The Balaban J connectivity index is 1.56. The van der Waals surface area contributed by atoms with E-state index in [2.05, 4.69) is 27.8 Å². The van der Waals surface area contributed by atoms with Gasteiger partial charge in [-0.2, -0.15) is 5.10 Å². The van der Waals surface area contributed by atoms with Crippen molar-refractivity contribution in [3.05, 3.63) is 47.3 Å². The summed E-state index contributed by atoms with van der Waals surface area (Å²) in [4.78, 5) is 41.2. The predicted octanol–water partition coefficient (Wildman–Crippen LogP) is 2.10. The standard InChI is InChI=1S/C24H31N5O3/c1-4-14(2)15(3)22(30)27-19-9-8-16-6-5-7-17-12-20(29(21(16)17)24(19)32)23(31)25-13-18-10-11-26-28-18/h5-7,10-11,14-15,19-20H,4,8-9,12-13H2,1-3H3,(H,25,31)(H,26,28)(H,27,30)/t14-,15-,19-,20-/m0/s1. The molecule has 0 saturated heterocycles. The third-order valence-electron chi connectivity index (χ3n) is 6.95. The number of carbonyl (C=O) groups excluding carboxylic acids is 3. The Labute approximate surface area is 188 Å². The third kappa shape index (κ3) is 4.13. The van der Waals surface area contributed by atoms with Gasteiger partial charge in [0.1, 0.15) is 12.1 Å². The molecule has 0 fully saturated rings. The third-order valence-corrected chi connectivity index (χ3v) is 6.95. The van der Waals surface area contributed by atoms with Crippen molar-refractivity contribution < 1.29 is 14.4 Å². The first-order chi connectivity index (χ1) is 15.4. The lowest BCUT2D eigenvalue weighted by molar-refractivity contribution is -0.131. The number of anilines is 1. The largest absolute Gasteiger partial charge is 0.349 e. The molecule has 170 valence electrons. The van der Waals surface area contributed by atoms with Gasteiger partial charge in [-0.15, -0.1) is 0 Å². The molecule has 2 aliphatic rings. The van der Waals surface area contributed by atoms with Crippen LogP contribution in [0.2, 0.25) is 0 Å². The summed E-state index contributed by atoms with van der Waals surface area (Å²) >= 11 is 0. The van der Waals surface area contributed by atoms with E-state index in [4.69, 9.17) is 0 Å². The van der Waals surface area contributed by atoms with Gasteiger partial charge in [0, 0.05) is 18.5 Å². The number of benzene rings is 1. The molecule has 0 aliphatic carbocycles. The van der Waals surface area contributed by atoms with E-state index in [0.717, 1.165) is 28.9 Å². The molecular formula is C24H31N5O3. The number of carbonyl (C=O) groups is 3. The van der Waals surface area contributed by atoms with Gasteiger partial charge in [0.05, 0.1) is 17.9 Å². The second-order valence-corrected chi connectivity index (χ2v) is 8.93. The van der Waals surface area contributed by atoms with E-state index >= 15 is 0 Å². The fourth-order valence-corrected chi connectivity index (χ4v) is 4.57. The summed E-state index contributed by atoms with van der Waals surface area (Å²) in [6, 6.07) is 6.48. The number of rotatable bonds is 7. The van der Waals surface area contributed by atoms with E-state index in [1.54, 1.807) is 17.2 Å². The molecule has 32 heavy (non-hydrogen) atoms. The van der Waals surface area contributed by atoms with Crippen LogP contribution in [0.5, 0.6) is 0 Å². The second kappa shape index (κ2) is 9.14. The van der Waals surface area contributed by atoms with Crippen LogP contribution in [-0.4, -0.2) is 40.0 Å². The van der Waals surface area contributed by atoms with E-state index in [0.29, 0.717) is 25.8 Å². The van der Waals surface area contributed by atoms with Crippen molar-refractivity contribution in [3.63, 3.8) is 0 Å². The van der Waals surface area contributed by atoms with E-state index < -0.39 is 12.1 Å². The highest BCUT2D eigenvalue weighted by Gasteiger charge is 2.44. The Morgan fingerprint density at radius 2 is 2.03 bits per heavy atom. The SMILES string of the molecule is CC[C@H](C)[C@H](C)C(=O)N[C@H]1CCc2cccc3c2N(C1=O)[C@H](C(=O)NCc1ccn[nH]1)C3. The van der Waals surface area contributed by atoms with Crippen LogP contribution in [0.3, 0.4) is 0 Å². The molecule has 4 rings (SSSR count). The number of hydrogen-bond acceptors (Lipinski definition) is 4. The molecule has 2 aromatic rings. The monoisotopic (exact) mass is 437 g/mol. The highest BCUT2D eigenvalue weighted by Crippen LogP contribution is 2.39. The summed E-state index contributed by atoms with van der Waals surface area (Å²) in [7, 11) is 0. The number of aromatic nitrogens is 2. The number of para-hydroxylation sites is 1. The summed E-state index contributed by atoms with van der Waals surface area (Å²) in [5.74, 6) is -0.480. The van der Waals surface area contributed by atoms with Crippen LogP contribution in [0.1, 0.15) is 50.4 Å². The summed E-state index contributed by atoms with van der Waals surface area (Å²) < 4.78 is 0. The number of H-pyrrole nitrogens is 1.